The zero-order chi connectivity index (χ0) is 13.1. The van der Waals surface area contributed by atoms with Crippen LogP contribution in [0.1, 0.15) is 31.7 Å². The summed E-state index contributed by atoms with van der Waals surface area (Å²) in [5.74, 6) is 0.283. The van der Waals surface area contributed by atoms with Gasteiger partial charge >= 0.3 is 5.97 Å². The number of benzene rings is 1. The highest BCUT2D eigenvalue weighted by molar-refractivity contribution is 6.29. The molecule has 0 amide bonds. The first kappa shape index (κ1) is 13.8. The number of rotatable bonds is 3. The molecule has 0 spiro atoms. The minimum Gasteiger partial charge on any atom is -0.488 e. The molecule has 0 aromatic heterocycles. The van der Waals surface area contributed by atoms with Gasteiger partial charge in [-0.15, -0.1) is 11.6 Å². The molecule has 0 aliphatic carbocycles. The maximum Gasteiger partial charge on any atom is 0.328 e. The maximum absolute atomic E-state index is 11.2. The van der Waals surface area contributed by atoms with Gasteiger partial charge in [-0.25, -0.2) is 0 Å². The first-order valence-corrected chi connectivity index (χ1v) is 5.78. The summed E-state index contributed by atoms with van der Waals surface area (Å²) in [7, 11) is 1.31. The Bertz CT molecular complexity index is 379. The Morgan fingerprint density at radius 2 is 1.76 bits per heavy atom. The highest BCUT2D eigenvalue weighted by Gasteiger charge is 2.18. The predicted octanol–water partition coefficient (Wildman–Crippen LogP) is 3.32. The number of carbonyl (C=O) groups excluding carboxylic acids is 1. The van der Waals surface area contributed by atoms with E-state index in [0.717, 1.165) is 5.75 Å². The molecule has 1 atom stereocenters. The van der Waals surface area contributed by atoms with E-state index in [2.05, 4.69) is 4.74 Å². The fourth-order valence-corrected chi connectivity index (χ4v) is 1.53. The minimum absolute atomic E-state index is 0.246. The van der Waals surface area contributed by atoms with Crippen molar-refractivity contribution < 1.29 is 14.3 Å². The molecule has 94 valence electrons. The topological polar surface area (TPSA) is 35.5 Å². The summed E-state index contributed by atoms with van der Waals surface area (Å²) in [5, 5.41) is -0.774. The second-order valence-corrected chi connectivity index (χ2v) is 5.11. The largest absolute Gasteiger partial charge is 0.488 e. The van der Waals surface area contributed by atoms with E-state index in [4.69, 9.17) is 16.3 Å². The van der Waals surface area contributed by atoms with Crippen molar-refractivity contribution in [2.45, 2.75) is 31.7 Å². The van der Waals surface area contributed by atoms with Gasteiger partial charge in [0.05, 0.1) is 7.11 Å². The Kier molecular flexibility index (Phi) is 4.40. The molecular formula is C13H17ClO3. The van der Waals surface area contributed by atoms with E-state index in [1.54, 1.807) is 24.3 Å². The highest BCUT2D eigenvalue weighted by Crippen LogP contribution is 2.25. The molecule has 0 bridgehead atoms. The summed E-state index contributed by atoms with van der Waals surface area (Å²) in [6, 6.07) is 7.10. The minimum atomic E-state index is -0.774. The monoisotopic (exact) mass is 256 g/mol. The molecule has 0 radical (unpaired) electrons. The average molecular weight is 257 g/mol. The van der Waals surface area contributed by atoms with Gasteiger partial charge in [0.15, 0.2) is 5.38 Å². The van der Waals surface area contributed by atoms with Gasteiger partial charge in [0.2, 0.25) is 0 Å². The van der Waals surface area contributed by atoms with E-state index in [1.165, 1.54) is 7.11 Å². The molecule has 3 nitrogen and oxygen atoms in total. The van der Waals surface area contributed by atoms with Crippen molar-refractivity contribution in [2.24, 2.45) is 0 Å². The first-order valence-electron chi connectivity index (χ1n) is 5.34. The second-order valence-electron chi connectivity index (χ2n) is 4.67. The molecule has 17 heavy (non-hydrogen) atoms. The Hall–Kier alpha value is -1.22. The molecule has 0 N–H and O–H groups in total. The lowest BCUT2D eigenvalue weighted by molar-refractivity contribution is -0.140. The van der Waals surface area contributed by atoms with Crippen molar-refractivity contribution in [3.63, 3.8) is 0 Å². The van der Waals surface area contributed by atoms with Crippen LogP contribution in [-0.2, 0) is 9.53 Å². The van der Waals surface area contributed by atoms with Gasteiger partial charge in [0, 0.05) is 0 Å². The predicted molar refractivity (Wildman–Crippen MR) is 67.4 cm³/mol. The van der Waals surface area contributed by atoms with Gasteiger partial charge in [-0.05, 0) is 38.5 Å². The molecule has 0 heterocycles. The van der Waals surface area contributed by atoms with Crippen molar-refractivity contribution in [1.29, 1.82) is 0 Å². The third kappa shape index (κ3) is 4.27. The number of alkyl halides is 1. The Balaban J connectivity index is 2.78. The van der Waals surface area contributed by atoms with E-state index in [0.29, 0.717) is 5.56 Å². The van der Waals surface area contributed by atoms with Gasteiger partial charge in [0.1, 0.15) is 11.4 Å². The number of hydrogen-bond donors (Lipinski definition) is 0. The highest BCUT2D eigenvalue weighted by atomic mass is 35.5. The lowest BCUT2D eigenvalue weighted by Crippen LogP contribution is -2.22. The third-order valence-corrected chi connectivity index (χ3v) is 2.44. The molecule has 0 fully saturated rings. The Labute approximate surface area is 107 Å². The summed E-state index contributed by atoms with van der Waals surface area (Å²) >= 11 is 5.93. The molecule has 0 saturated heterocycles. The van der Waals surface area contributed by atoms with Crippen LogP contribution in [0, 0.1) is 0 Å². The number of halogens is 1. The lowest BCUT2D eigenvalue weighted by Gasteiger charge is -2.21. The van der Waals surface area contributed by atoms with Crippen LogP contribution >= 0.6 is 11.6 Å². The molecule has 1 aromatic carbocycles. The van der Waals surface area contributed by atoms with Crippen LogP contribution in [0.15, 0.2) is 24.3 Å². The molecule has 1 aromatic rings. The van der Waals surface area contributed by atoms with Gasteiger partial charge in [-0.2, -0.15) is 0 Å². The molecule has 0 saturated carbocycles. The first-order chi connectivity index (χ1) is 7.83. The van der Waals surface area contributed by atoms with Gasteiger partial charge in [0.25, 0.3) is 0 Å². The number of methoxy groups -OCH3 is 1. The van der Waals surface area contributed by atoms with Crippen molar-refractivity contribution in [3.05, 3.63) is 29.8 Å². The number of carbonyl (C=O) groups is 1. The van der Waals surface area contributed by atoms with E-state index in [9.17, 15) is 4.79 Å². The molecule has 0 aliphatic heterocycles. The number of esters is 1. The van der Waals surface area contributed by atoms with Gasteiger partial charge in [-0.1, -0.05) is 12.1 Å². The number of ether oxygens (including phenoxy) is 2. The molecule has 4 heteroatoms. The second kappa shape index (κ2) is 5.41. The van der Waals surface area contributed by atoms with Gasteiger partial charge in [-0.3, -0.25) is 4.79 Å². The van der Waals surface area contributed by atoms with Crippen molar-refractivity contribution in [1.82, 2.24) is 0 Å². The fourth-order valence-electron chi connectivity index (χ4n) is 1.30. The average Bonchev–Trinajstić information content (AvgIpc) is 2.26. The zero-order valence-corrected chi connectivity index (χ0v) is 11.2. The molecule has 0 aliphatic rings. The molecule has 1 rings (SSSR count). The number of hydrogen-bond acceptors (Lipinski definition) is 3. The van der Waals surface area contributed by atoms with Crippen LogP contribution in [0.25, 0.3) is 0 Å². The summed E-state index contributed by atoms with van der Waals surface area (Å²) in [6.07, 6.45) is 0. The molecular weight excluding hydrogens is 240 g/mol. The van der Waals surface area contributed by atoms with E-state index >= 15 is 0 Å². The van der Waals surface area contributed by atoms with Crippen molar-refractivity contribution in [3.8, 4) is 5.75 Å². The summed E-state index contributed by atoms with van der Waals surface area (Å²) in [4.78, 5) is 11.2. The van der Waals surface area contributed by atoms with Crippen LogP contribution in [0.3, 0.4) is 0 Å². The third-order valence-electron chi connectivity index (χ3n) is 2.00. The zero-order valence-electron chi connectivity index (χ0n) is 10.5. The van der Waals surface area contributed by atoms with Crippen LogP contribution in [0.2, 0.25) is 0 Å². The Morgan fingerprint density at radius 1 is 1.24 bits per heavy atom. The SMILES string of the molecule is COC(=O)C(Cl)c1ccc(OC(C)(C)C)cc1. The van der Waals surface area contributed by atoms with E-state index in [-0.39, 0.29) is 5.60 Å². The van der Waals surface area contributed by atoms with Gasteiger partial charge < -0.3 is 9.47 Å². The van der Waals surface area contributed by atoms with Crippen LogP contribution in [0.5, 0.6) is 5.75 Å². The lowest BCUT2D eigenvalue weighted by atomic mass is 10.1. The Morgan fingerprint density at radius 3 is 2.18 bits per heavy atom. The molecule has 1 unspecified atom stereocenters. The quantitative estimate of drug-likeness (QED) is 0.615. The normalized spacial score (nSPS) is 13.0. The van der Waals surface area contributed by atoms with E-state index < -0.39 is 11.3 Å². The summed E-state index contributed by atoms with van der Waals surface area (Å²) in [6.45, 7) is 5.92. The van der Waals surface area contributed by atoms with Crippen LogP contribution in [0.4, 0.5) is 0 Å². The van der Waals surface area contributed by atoms with E-state index in [1.807, 2.05) is 20.8 Å². The summed E-state index contributed by atoms with van der Waals surface area (Å²) in [5.41, 5.74) is 0.448. The maximum atomic E-state index is 11.2. The van der Waals surface area contributed by atoms with Crippen molar-refractivity contribution >= 4 is 17.6 Å². The standard InChI is InChI=1S/C13H17ClO3/c1-13(2,3)17-10-7-5-9(6-8-10)11(14)12(15)16-4/h5-8,11H,1-4H3. The summed E-state index contributed by atoms with van der Waals surface area (Å²) < 4.78 is 10.2. The van der Waals surface area contributed by atoms with Crippen LogP contribution in [-0.4, -0.2) is 18.7 Å². The van der Waals surface area contributed by atoms with Crippen molar-refractivity contribution in [2.75, 3.05) is 7.11 Å². The van der Waals surface area contributed by atoms with Crippen LogP contribution < -0.4 is 4.74 Å². The smallest absolute Gasteiger partial charge is 0.328 e. The fraction of sp³-hybridized carbons (Fsp3) is 0.462.